The van der Waals surface area contributed by atoms with E-state index in [0.29, 0.717) is 11.1 Å². The van der Waals surface area contributed by atoms with Gasteiger partial charge in [-0.2, -0.15) is 0 Å². The number of rotatable bonds is 5. The van der Waals surface area contributed by atoms with Crippen LogP contribution >= 0.6 is 11.8 Å². The molecule has 0 aliphatic carbocycles. The SMILES string of the molecule is CCSc1ccccc1C(=O)O/N=C(/N)c1ccccc1. The van der Waals surface area contributed by atoms with Gasteiger partial charge in [-0.3, -0.25) is 0 Å². The van der Waals surface area contributed by atoms with E-state index >= 15 is 0 Å². The maximum absolute atomic E-state index is 12.1. The molecule has 0 aliphatic heterocycles. The number of oxime groups is 1. The Morgan fingerprint density at radius 2 is 1.81 bits per heavy atom. The van der Waals surface area contributed by atoms with Crippen molar-refractivity contribution in [3.05, 3.63) is 65.7 Å². The van der Waals surface area contributed by atoms with Crippen molar-refractivity contribution >= 4 is 23.6 Å². The number of nitrogens with two attached hydrogens (primary N) is 1. The van der Waals surface area contributed by atoms with Crippen LogP contribution in [0.25, 0.3) is 0 Å². The molecule has 0 saturated carbocycles. The Hall–Kier alpha value is -2.27. The first-order chi connectivity index (χ1) is 10.2. The molecule has 0 heterocycles. The second kappa shape index (κ2) is 7.50. The molecule has 0 amide bonds. The third-order valence-corrected chi connectivity index (χ3v) is 3.66. The minimum Gasteiger partial charge on any atom is -0.380 e. The van der Waals surface area contributed by atoms with Gasteiger partial charge in [0, 0.05) is 10.5 Å². The maximum Gasteiger partial charge on any atom is 0.366 e. The standard InChI is InChI=1S/C16H16N2O2S/c1-2-21-14-11-7-6-10-13(14)16(19)20-18-15(17)12-8-4-3-5-9-12/h3-11H,2H2,1H3,(H2,17,18). The lowest BCUT2D eigenvalue weighted by atomic mass is 10.2. The first-order valence-corrected chi connectivity index (χ1v) is 7.53. The number of thioether (sulfide) groups is 1. The molecule has 5 heteroatoms. The molecule has 21 heavy (non-hydrogen) atoms. The van der Waals surface area contributed by atoms with E-state index in [1.165, 1.54) is 0 Å². The van der Waals surface area contributed by atoms with E-state index in [9.17, 15) is 4.79 Å². The van der Waals surface area contributed by atoms with Crippen LogP contribution in [0.4, 0.5) is 0 Å². The molecular formula is C16H16N2O2S. The summed E-state index contributed by atoms with van der Waals surface area (Å²) in [6.45, 7) is 2.03. The zero-order valence-corrected chi connectivity index (χ0v) is 12.5. The van der Waals surface area contributed by atoms with Gasteiger partial charge in [-0.1, -0.05) is 54.5 Å². The normalized spacial score (nSPS) is 11.2. The number of hydrogen-bond donors (Lipinski definition) is 1. The van der Waals surface area contributed by atoms with Gasteiger partial charge in [-0.15, -0.1) is 11.8 Å². The van der Waals surface area contributed by atoms with E-state index < -0.39 is 5.97 Å². The Morgan fingerprint density at radius 1 is 1.14 bits per heavy atom. The molecule has 108 valence electrons. The molecule has 0 fully saturated rings. The highest BCUT2D eigenvalue weighted by Gasteiger charge is 2.12. The van der Waals surface area contributed by atoms with Gasteiger partial charge in [-0.25, -0.2) is 4.79 Å². The Bertz CT molecular complexity index is 642. The summed E-state index contributed by atoms with van der Waals surface area (Å²) in [6.07, 6.45) is 0. The lowest BCUT2D eigenvalue weighted by molar-refractivity contribution is 0.0512. The van der Waals surface area contributed by atoms with Crippen molar-refractivity contribution in [2.45, 2.75) is 11.8 Å². The van der Waals surface area contributed by atoms with Crippen LogP contribution in [0.5, 0.6) is 0 Å². The third kappa shape index (κ3) is 4.10. The van der Waals surface area contributed by atoms with Crippen LogP contribution < -0.4 is 5.73 Å². The van der Waals surface area contributed by atoms with Gasteiger partial charge in [0.15, 0.2) is 5.84 Å². The highest BCUT2D eigenvalue weighted by molar-refractivity contribution is 7.99. The first-order valence-electron chi connectivity index (χ1n) is 6.54. The lowest BCUT2D eigenvalue weighted by Gasteiger charge is -2.05. The molecule has 0 unspecified atom stereocenters. The predicted octanol–water partition coefficient (Wildman–Crippen LogP) is 3.28. The monoisotopic (exact) mass is 300 g/mol. The third-order valence-electron chi connectivity index (χ3n) is 2.70. The molecule has 0 radical (unpaired) electrons. The van der Waals surface area contributed by atoms with Crippen LogP contribution in [0.1, 0.15) is 22.8 Å². The Kier molecular flexibility index (Phi) is 5.40. The number of amidine groups is 1. The lowest BCUT2D eigenvalue weighted by Crippen LogP contribution is -2.15. The summed E-state index contributed by atoms with van der Waals surface area (Å²) < 4.78 is 0. The van der Waals surface area contributed by atoms with E-state index in [1.807, 2.05) is 37.3 Å². The van der Waals surface area contributed by atoms with Crippen molar-refractivity contribution in [1.29, 1.82) is 0 Å². The van der Waals surface area contributed by atoms with Crippen molar-refractivity contribution < 1.29 is 9.63 Å². The number of carbonyl (C=O) groups excluding carboxylic acids is 1. The van der Waals surface area contributed by atoms with Crippen LogP contribution in [0.2, 0.25) is 0 Å². The fourth-order valence-corrected chi connectivity index (χ4v) is 2.51. The molecule has 2 N–H and O–H groups in total. The van der Waals surface area contributed by atoms with Crippen LogP contribution in [-0.2, 0) is 4.84 Å². The number of nitrogens with zero attached hydrogens (tertiary/aromatic N) is 1. The minimum atomic E-state index is -0.509. The van der Waals surface area contributed by atoms with E-state index in [1.54, 1.807) is 36.0 Å². The quantitative estimate of drug-likeness (QED) is 0.302. The highest BCUT2D eigenvalue weighted by Crippen LogP contribution is 2.22. The summed E-state index contributed by atoms with van der Waals surface area (Å²) in [5.41, 5.74) is 6.99. The van der Waals surface area contributed by atoms with Crippen LogP contribution in [0.15, 0.2) is 64.6 Å². The van der Waals surface area contributed by atoms with Gasteiger partial charge < -0.3 is 10.6 Å². The van der Waals surface area contributed by atoms with Crippen molar-refractivity contribution in [3.63, 3.8) is 0 Å². The fraction of sp³-hybridized carbons (Fsp3) is 0.125. The summed E-state index contributed by atoms with van der Waals surface area (Å²) in [6, 6.07) is 16.4. The van der Waals surface area contributed by atoms with Gasteiger partial charge in [-0.05, 0) is 17.9 Å². The molecule has 4 nitrogen and oxygen atoms in total. The topological polar surface area (TPSA) is 64.7 Å². The first kappa shape index (κ1) is 15.1. The molecule has 2 aromatic rings. The predicted molar refractivity (Wildman–Crippen MR) is 85.4 cm³/mol. The molecular weight excluding hydrogens is 284 g/mol. The molecule has 0 atom stereocenters. The van der Waals surface area contributed by atoms with Crippen molar-refractivity contribution in [1.82, 2.24) is 0 Å². The average molecular weight is 300 g/mol. The molecule has 2 rings (SSSR count). The molecule has 0 saturated heterocycles. The summed E-state index contributed by atoms with van der Waals surface area (Å²) in [7, 11) is 0. The summed E-state index contributed by atoms with van der Waals surface area (Å²) >= 11 is 1.58. The number of hydrogen-bond acceptors (Lipinski definition) is 4. The Morgan fingerprint density at radius 3 is 2.52 bits per heavy atom. The van der Waals surface area contributed by atoms with Crippen molar-refractivity contribution in [2.24, 2.45) is 10.9 Å². The summed E-state index contributed by atoms with van der Waals surface area (Å²) in [5, 5.41) is 3.71. The summed E-state index contributed by atoms with van der Waals surface area (Å²) in [5.74, 6) is 0.537. The van der Waals surface area contributed by atoms with Crippen LogP contribution in [0, 0.1) is 0 Å². The second-order valence-corrected chi connectivity index (χ2v) is 5.46. The Labute approximate surface area is 128 Å². The second-order valence-electron chi connectivity index (χ2n) is 4.15. The smallest absolute Gasteiger partial charge is 0.366 e. The molecule has 2 aromatic carbocycles. The maximum atomic E-state index is 12.1. The van der Waals surface area contributed by atoms with Crippen LogP contribution in [-0.4, -0.2) is 17.6 Å². The van der Waals surface area contributed by atoms with Gasteiger partial charge in [0.2, 0.25) is 0 Å². The minimum absolute atomic E-state index is 0.171. The number of benzene rings is 2. The molecule has 0 aliphatic rings. The van der Waals surface area contributed by atoms with E-state index in [4.69, 9.17) is 10.6 Å². The van der Waals surface area contributed by atoms with Crippen molar-refractivity contribution in [2.75, 3.05) is 5.75 Å². The highest BCUT2D eigenvalue weighted by atomic mass is 32.2. The van der Waals surface area contributed by atoms with Gasteiger partial charge in [0.1, 0.15) is 0 Å². The number of carbonyl (C=O) groups is 1. The Balaban J connectivity index is 2.12. The van der Waals surface area contributed by atoms with Crippen molar-refractivity contribution in [3.8, 4) is 0 Å². The van der Waals surface area contributed by atoms with Gasteiger partial charge in [0.05, 0.1) is 5.56 Å². The largest absolute Gasteiger partial charge is 0.380 e. The zero-order chi connectivity index (χ0) is 15.1. The molecule has 0 bridgehead atoms. The zero-order valence-electron chi connectivity index (χ0n) is 11.7. The summed E-state index contributed by atoms with van der Waals surface area (Å²) in [4.78, 5) is 17.9. The van der Waals surface area contributed by atoms with Gasteiger partial charge in [0.25, 0.3) is 0 Å². The van der Waals surface area contributed by atoms with Crippen LogP contribution in [0.3, 0.4) is 0 Å². The van der Waals surface area contributed by atoms with E-state index in [2.05, 4.69) is 5.16 Å². The van der Waals surface area contributed by atoms with E-state index in [0.717, 1.165) is 10.6 Å². The van der Waals surface area contributed by atoms with E-state index in [-0.39, 0.29) is 5.84 Å². The molecule has 0 spiro atoms. The van der Waals surface area contributed by atoms with Gasteiger partial charge >= 0.3 is 5.97 Å². The average Bonchev–Trinajstić information content (AvgIpc) is 2.54. The molecule has 0 aromatic heterocycles. The fourth-order valence-electron chi connectivity index (χ4n) is 1.72.